The lowest BCUT2D eigenvalue weighted by Gasteiger charge is -2.10. The highest BCUT2D eigenvalue weighted by atomic mass is 79.9. The normalized spacial score (nSPS) is 12.7. The summed E-state index contributed by atoms with van der Waals surface area (Å²) in [5, 5.41) is 14.5. The SMILES string of the molecule is CCC(O)c1c(C)nn(Cc2cccc(F)c2Br)c1C. The van der Waals surface area contributed by atoms with Crippen molar-refractivity contribution in [3.05, 3.63) is 51.0 Å². The average Bonchev–Trinajstić information content (AvgIpc) is 2.69. The summed E-state index contributed by atoms with van der Waals surface area (Å²) in [6.45, 7) is 6.23. The molecule has 108 valence electrons. The average molecular weight is 341 g/mol. The van der Waals surface area contributed by atoms with Crippen molar-refractivity contribution < 1.29 is 9.50 Å². The highest BCUT2D eigenvalue weighted by Crippen LogP contribution is 2.26. The van der Waals surface area contributed by atoms with Crippen LogP contribution in [0.2, 0.25) is 0 Å². The van der Waals surface area contributed by atoms with E-state index in [0.717, 1.165) is 22.5 Å². The van der Waals surface area contributed by atoms with E-state index in [9.17, 15) is 9.50 Å². The molecule has 0 spiro atoms. The van der Waals surface area contributed by atoms with Crippen molar-refractivity contribution in [1.29, 1.82) is 0 Å². The third-order valence-corrected chi connectivity index (χ3v) is 4.40. The fourth-order valence-corrected chi connectivity index (χ4v) is 2.77. The van der Waals surface area contributed by atoms with Gasteiger partial charge in [-0.15, -0.1) is 0 Å². The molecule has 5 heteroatoms. The minimum atomic E-state index is -0.500. The predicted molar refractivity (Wildman–Crippen MR) is 80.2 cm³/mol. The summed E-state index contributed by atoms with van der Waals surface area (Å²) in [4.78, 5) is 0. The zero-order valence-electron chi connectivity index (χ0n) is 11.8. The summed E-state index contributed by atoms with van der Waals surface area (Å²) in [5.74, 6) is -0.280. The molecule has 2 aromatic rings. The number of hydrogen-bond donors (Lipinski definition) is 1. The van der Waals surface area contributed by atoms with Crippen LogP contribution in [-0.2, 0) is 6.54 Å². The summed E-state index contributed by atoms with van der Waals surface area (Å²) in [6.07, 6.45) is 0.150. The minimum Gasteiger partial charge on any atom is -0.388 e. The molecule has 2 rings (SSSR count). The standard InChI is InChI=1S/C15H18BrFN2O/c1-4-13(20)14-9(2)18-19(10(14)3)8-11-6-5-7-12(17)15(11)16/h5-7,13,20H,4,8H2,1-3H3. The first-order chi connectivity index (χ1) is 9.45. The second-order valence-corrected chi connectivity index (χ2v) is 5.67. The van der Waals surface area contributed by atoms with Gasteiger partial charge in [-0.05, 0) is 47.8 Å². The van der Waals surface area contributed by atoms with Gasteiger partial charge in [0.1, 0.15) is 5.82 Å². The number of benzene rings is 1. The van der Waals surface area contributed by atoms with Gasteiger partial charge in [0.05, 0.1) is 22.8 Å². The molecule has 0 saturated heterocycles. The molecule has 1 unspecified atom stereocenters. The van der Waals surface area contributed by atoms with Gasteiger partial charge in [0.15, 0.2) is 0 Å². The molecule has 0 aliphatic heterocycles. The fourth-order valence-electron chi connectivity index (χ4n) is 2.38. The molecule has 20 heavy (non-hydrogen) atoms. The second kappa shape index (κ2) is 6.06. The Bertz CT molecular complexity index is 625. The van der Waals surface area contributed by atoms with E-state index in [1.54, 1.807) is 6.07 Å². The number of hydrogen-bond acceptors (Lipinski definition) is 2. The zero-order chi connectivity index (χ0) is 14.9. The Morgan fingerprint density at radius 2 is 2.10 bits per heavy atom. The summed E-state index contributed by atoms with van der Waals surface area (Å²) in [6, 6.07) is 4.96. The number of aromatic nitrogens is 2. The Labute approximate surface area is 126 Å². The Morgan fingerprint density at radius 1 is 1.40 bits per heavy atom. The van der Waals surface area contributed by atoms with Gasteiger partial charge in [0, 0.05) is 11.3 Å². The largest absolute Gasteiger partial charge is 0.388 e. The monoisotopic (exact) mass is 340 g/mol. The number of aryl methyl sites for hydroxylation is 1. The number of aliphatic hydroxyl groups excluding tert-OH is 1. The third-order valence-electron chi connectivity index (χ3n) is 3.51. The Hall–Kier alpha value is -1.20. The maximum atomic E-state index is 13.5. The van der Waals surface area contributed by atoms with E-state index in [0.29, 0.717) is 17.4 Å². The molecule has 0 saturated carbocycles. The molecule has 0 aliphatic carbocycles. The van der Waals surface area contributed by atoms with E-state index in [4.69, 9.17) is 0 Å². The quantitative estimate of drug-likeness (QED) is 0.916. The molecular weight excluding hydrogens is 323 g/mol. The molecule has 0 bridgehead atoms. The van der Waals surface area contributed by atoms with Crippen LogP contribution in [0, 0.1) is 19.7 Å². The maximum absolute atomic E-state index is 13.5. The van der Waals surface area contributed by atoms with Crippen LogP contribution in [0.1, 0.15) is 42.0 Å². The van der Waals surface area contributed by atoms with Crippen molar-refractivity contribution in [3.8, 4) is 0 Å². The van der Waals surface area contributed by atoms with Gasteiger partial charge in [-0.25, -0.2) is 4.39 Å². The van der Waals surface area contributed by atoms with Crippen LogP contribution in [-0.4, -0.2) is 14.9 Å². The second-order valence-electron chi connectivity index (χ2n) is 4.88. The smallest absolute Gasteiger partial charge is 0.137 e. The lowest BCUT2D eigenvalue weighted by Crippen LogP contribution is -2.06. The van der Waals surface area contributed by atoms with Crippen molar-refractivity contribution in [2.45, 2.75) is 39.8 Å². The molecule has 1 atom stereocenters. The number of nitrogens with zero attached hydrogens (tertiary/aromatic N) is 2. The van der Waals surface area contributed by atoms with Crippen molar-refractivity contribution in [3.63, 3.8) is 0 Å². The van der Waals surface area contributed by atoms with Crippen LogP contribution in [0.25, 0.3) is 0 Å². The van der Waals surface area contributed by atoms with E-state index in [-0.39, 0.29) is 5.82 Å². The van der Waals surface area contributed by atoms with Crippen LogP contribution < -0.4 is 0 Å². The fraction of sp³-hybridized carbons (Fsp3) is 0.400. The minimum absolute atomic E-state index is 0.280. The molecule has 0 radical (unpaired) electrons. The number of halogens is 2. The number of aliphatic hydroxyl groups is 1. The van der Waals surface area contributed by atoms with Crippen LogP contribution >= 0.6 is 15.9 Å². The van der Waals surface area contributed by atoms with Crippen molar-refractivity contribution in [1.82, 2.24) is 9.78 Å². The van der Waals surface area contributed by atoms with Crippen molar-refractivity contribution in [2.75, 3.05) is 0 Å². The highest BCUT2D eigenvalue weighted by Gasteiger charge is 2.18. The molecule has 1 aromatic heterocycles. The first kappa shape index (κ1) is 15.2. The first-order valence-corrected chi connectivity index (χ1v) is 7.39. The maximum Gasteiger partial charge on any atom is 0.137 e. The van der Waals surface area contributed by atoms with Gasteiger partial charge in [0.2, 0.25) is 0 Å². The summed E-state index contributed by atoms with van der Waals surface area (Å²) in [5.41, 5.74) is 3.45. The molecule has 0 aliphatic rings. The van der Waals surface area contributed by atoms with E-state index in [1.165, 1.54) is 6.07 Å². The number of rotatable bonds is 4. The van der Waals surface area contributed by atoms with Gasteiger partial charge in [-0.3, -0.25) is 4.68 Å². The van der Waals surface area contributed by atoms with Gasteiger partial charge < -0.3 is 5.11 Å². The molecule has 1 aromatic carbocycles. The highest BCUT2D eigenvalue weighted by molar-refractivity contribution is 9.10. The van der Waals surface area contributed by atoms with Gasteiger partial charge in [0.25, 0.3) is 0 Å². The lowest BCUT2D eigenvalue weighted by atomic mass is 10.1. The van der Waals surface area contributed by atoms with Gasteiger partial charge in [-0.2, -0.15) is 5.10 Å². The molecule has 1 N–H and O–H groups in total. The molecule has 0 fully saturated rings. The summed E-state index contributed by atoms with van der Waals surface area (Å²) >= 11 is 3.26. The van der Waals surface area contributed by atoms with Crippen LogP contribution in [0.15, 0.2) is 22.7 Å². The molecule has 3 nitrogen and oxygen atoms in total. The van der Waals surface area contributed by atoms with Crippen molar-refractivity contribution >= 4 is 15.9 Å². The van der Waals surface area contributed by atoms with E-state index < -0.39 is 6.10 Å². The lowest BCUT2D eigenvalue weighted by molar-refractivity contribution is 0.172. The van der Waals surface area contributed by atoms with E-state index in [1.807, 2.05) is 31.5 Å². The van der Waals surface area contributed by atoms with Crippen molar-refractivity contribution in [2.24, 2.45) is 0 Å². The van der Waals surface area contributed by atoms with Crippen LogP contribution in [0.5, 0.6) is 0 Å². The van der Waals surface area contributed by atoms with Gasteiger partial charge >= 0.3 is 0 Å². The molecule has 0 amide bonds. The van der Waals surface area contributed by atoms with Crippen LogP contribution in [0.3, 0.4) is 0 Å². The predicted octanol–water partition coefficient (Wildman–Crippen LogP) is 3.89. The van der Waals surface area contributed by atoms with E-state index >= 15 is 0 Å². The first-order valence-electron chi connectivity index (χ1n) is 6.60. The Morgan fingerprint density at radius 3 is 2.75 bits per heavy atom. The van der Waals surface area contributed by atoms with E-state index in [2.05, 4.69) is 21.0 Å². The summed E-state index contributed by atoms with van der Waals surface area (Å²) < 4.78 is 15.8. The molecule has 1 heterocycles. The summed E-state index contributed by atoms with van der Waals surface area (Å²) in [7, 11) is 0. The van der Waals surface area contributed by atoms with Gasteiger partial charge in [-0.1, -0.05) is 19.1 Å². The topological polar surface area (TPSA) is 38.1 Å². The Balaban J connectivity index is 2.38. The third kappa shape index (κ3) is 2.79. The molecular formula is C15H18BrFN2O. The zero-order valence-corrected chi connectivity index (χ0v) is 13.4. The van der Waals surface area contributed by atoms with Crippen LogP contribution in [0.4, 0.5) is 4.39 Å². The Kier molecular flexibility index (Phi) is 4.60.